The Labute approximate surface area is 96.2 Å². The van der Waals surface area contributed by atoms with Crippen molar-refractivity contribution in [3.63, 3.8) is 0 Å². The monoisotopic (exact) mass is 228 g/mol. The Morgan fingerprint density at radius 1 is 1.19 bits per heavy atom. The molecule has 1 heterocycles. The van der Waals surface area contributed by atoms with Crippen molar-refractivity contribution in [1.29, 1.82) is 0 Å². The number of aliphatic hydroxyl groups is 1. The fourth-order valence-corrected chi connectivity index (χ4v) is 1.19. The molecule has 4 heteroatoms. The van der Waals surface area contributed by atoms with Gasteiger partial charge in [-0.2, -0.15) is 0 Å². The van der Waals surface area contributed by atoms with E-state index in [2.05, 4.69) is 13.8 Å². The van der Waals surface area contributed by atoms with Crippen LogP contribution in [0.5, 0.6) is 0 Å². The lowest BCUT2D eigenvalue weighted by molar-refractivity contribution is 0.0258. The molecule has 16 heavy (non-hydrogen) atoms. The zero-order chi connectivity index (χ0) is 11.8. The fraction of sp³-hybridized carbons (Fsp3) is 0.667. The highest BCUT2D eigenvalue weighted by atomic mass is 16.5. The Morgan fingerprint density at radius 2 is 1.88 bits per heavy atom. The number of ether oxygens (including phenoxy) is 2. The highest BCUT2D eigenvalue weighted by molar-refractivity contribution is 5.05. The number of hydrogen-bond donors (Lipinski definition) is 1. The normalized spacial score (nSPS) is 11.2. The summed E-state index contributed by atoms with van der Waals surface area (Å²) in [4.78, 5) is 0. The van der Waals surface area contributed by atoms with E-state index in [1.807, 2.05) is 0 Å². The summed E-state index contributed by atoms with van der Waals surface area (Å²) in [6.45, 7) is 6.50. The average Bonchev–Trinajstić information content (AvgIpc) is 2.70. The number of rotatable bonds is 8. The second kappa shape index (κ2) is 7.44. The first-order valence-corrected chi connectivity index (χ1v) is 5.56. The molecule has 0 amide bonds. The topological polar surface area (TPSA) is 51.8 Å². The summed E-state index contributed by atoms with van der Waals surface area (Å²) in [5, 5.41) is 8.79. The standard InChI is InChI=1S/C12H20O4/c1-10(2)8-14-5-6-15-9-12-4-3-11(7-13)16-12/h3-4,10,13H,5-9H2,1-2H3. The van der Waals surface area contributed by atoms with Crippen LogP contribution in [0.1, 0.15) is 25.4 Å². The van der Waals surface area contributed by atoms with Gasteiger partial charge in [0.25, 0.3) is 0 Å². The lowest BCUT2D eigenvalue weighted by atomic mass is 10.2. The molecule has 92 valence electrons. The molecule has 1 aromatic rings. The van der Waals surface area contributed by atoms with E-state index in [-0.39, 0.29) is 6.61 Å². The summed E-state index contributed by atoms with van der Waals surface area (Å²) >= 11 is 0. The number of furan rings is 1. The van der Waals surface area contributed by atoms with Crippen LogP contribution in [-0.2, 0) is 22.7 Å². The van der Waals surface area contributed by atoms with Gasteiger partial charge in [0.05, 0.1) is 13.2 Å². The molecule has 1 N–H and O–H groups in total. The Morgan fingerprint density at radius 3 is 2.50 bits per heavy atom. The van der Waals surface area contributed by atoms with E-state index in [0.717, 1.165) is 12.4 Å². The third kappa shape index (κ3) is 5.30. The fourth-order valence-electron chi connectivity index (χ4n) is 1.19. The van der Waals surface area contributed by atoms with Crippen molar-refractivity contribution in [2.75, 3.05) is 19.8 Å². The molecule has 0 aliphatic heterocycles. The molecule has 0 radical (unpaired) electrons. The van der Waals surface area contributed by atoms with Crippen LogP contribution in [-0.4, -0.2) is 24.9 Å². The third-order valence-corrected chi connectivity index (χ3v) is 1.94. The predicted molar refractivity (Wildman–Crippen MR) is 59.9 cm³/mol. The molecule has 0 bridgehead atoms. The van der Waals surface area contributed by atoms with Crippen molar-refractivity contribution in [3.05, 3.63) is 23.7 Å². The van der Waals surface area contributed by atoms with Crippen LogP contribution in [0.2, 0.25) is 0 Å². The van der Waals surface area contributed by atoms with E-state index in [9.17, 15) is 0 Å². The zero-order valence-electron chi connectivity index (χ0n) is 9.94. The van der Waals surface area contributed by atoms with Gasteiger partial charge in [-0.05, 0) is 18.1 Å². The van der Waals surface area contributed by atoms with Gasteiger partial charge < -0.3 is 19.0 Å². The molecule has 0 atom stereocenters. The first-order valence-electron chi connectivity index (χ1n) is 5.56. The highest BCUT2D eigenvalue weighted by Crippen LogP contribution is 2.08. The van der Waals surface area contributed by atoms with E-state index >= 15 is 0 Å². The minimum absolute atomic E-state index is 0.0719. The SMILES string of the molecule is CC(C)COCCOCc1ccc(CO)o1. The maximum absolute atomic E-state index is 8.79. The first kappa shape index (κ1) is 13.2. The van der Waals surface area contributed by atoms with Gasteiger partial charge in [-0.15, -0.1) is 0 Å². The molecular formula is C12H20O4. The van der Waals surface area contributed by atoms with Crippen molar-refractivity contribution >= 4 is 0 Å². The molecule has 4 nitrogen and oxygen atoms in total. The largest absolute Gasteiger partial charge is 0.461 e. The maximum Gasteiger partial charge on any atom is 0.129 e. The Balaban J connectivity index is 2.02. The molecule has 0 aliphatic rings. The molecular weight excluding hydrogens is 208 g/mol. The second-order valence-corrected chi connectivity index (χ2v) is 4.05. The van der Waals surface area contributed by atoms with Gasteiger partial charge in [0, 0.05) is 6.61 Å². The van der Waals surface area contributed by atoms with Gasteiger partial charge in [0.2, 0.25) is 0 Å². The predicted octanol–water partition coefficient (Wildman–Crippen LogP) is 1.96. The van der Waals surface area contributed by atoms with E-state index in [1.165, 1.54) is 0 Å². The van der Waals surface area contributed by atoms with Crippen LogP contribution >= 0.6 is 0 Å². The summed E-state index contributed by atoms with van der Waals surface area (Å²) in [6, 6.07) is 3.55. The van der Waals surface area contributed by atoms with Crippen LogP contribution in [0.25, 0.3) is 0 Å². The molecule has 0 aliphatic carbocycles. The van der Waals surface area contributed by atoms with Gasteiger partial charge >= 0.3 is 0 Å². The molecule has 0 aromatic carbocycles. The summed E-state index contributed by atoms with van der Waals surface area (Å²) in [7, 11) is 0. The van der Waals surface area contributed by atoms with Gasteiger partial charge in [0.15, 0.2) is 0 Å². The maximum atomic E-state index is 8.79. The molecule has 0 spiro atoms. The molecule has 0 unspecified atom stereocenters. The van der Waals surface area contributed by atoms with Gasteiger partial charge in [0.1, 0.15) is 24.7 Å². The first-order chi connectivity index (χ1) is 7.72. The van der Waals surface area contributed by atoms with Crippen molar-refractivity contribution in [2.24, 2.45) is 5.92 Å². The highest BCUT2D eigenvalue weighted by Gasteiger charge is 2.00. The van der Waals surface area contributed by atoms with Crippen LogP contribution in [0, 0.1) is 5.92 Å². The minimum Gasteiger partial charge on any atom is -0.461 e. The van der Waals surface area contributed by atoms with Gasteiger partial charge in [-0.25, -0.2) is 0 Å². The van der Waals surface area contributed by atoms with Crippen molar-refractivity contribution in [3.8, 4) is 0 Å². The van der Waals surface area contributed by atoms with Crippen molar-refractivity contribution < 1.29 is 19.0 Å². The summed E-state index contributed by atoms with van der Waals surface area (Å²) in [6.07, 6.45) is 0. The molecule has 1 rings (SSSR count). The smallest absolute Gasteiger partial charge is 0.129 e. The summed E-state index contributed by atoms with van der Waals surface area (Å²) in [5.41, 5.74) is 0. The average molecular weight is 228 g/mol. The molecule has 1 aromatic heterocycles. The number of aliphatic hydroxyl groups excluding tert-OH is 1. The van der Waals surface area contributed by atoms with Gasteiger partial charge in [-0.1, -0.05) is 13.8 Å². The molecule has 0 saturated carbocycles. The third-order valence-electron chi connectivity index (χ3n) is 1.94. The van der Waals surface area contributed by atoms with Crippen LogP contribution in [0.3, 0.4) is 0 Å². The van der Waals surface area contributed by atoms with E-state index in [4.69, 9.17) is 19.0 Å². The lowest BCUT2D eigenvalue weighted by Gasteiger charge is -2.06. The summed E-state index contributed by atoms with van der Waals surface area (Å²) in [5.74, 6) is 1.85. The minimum atomic E-state index is -0.0719. The molecule has 0 saturated heterocycles. The molecule has 0 fully saturated rings. The summed E-state index contributed by atoms with van der Waals surface area (Å²) < 4.78 is 16.0. The quantitative estimate of drug-likeness (QED) is 0.691. The van der Waals surface area contributed by atoms with Crippen LogP contribution in [0.15, 0.2) is 16.5 Å². The zero-order valence-corrected chi connectivity index (χ0v) is 9.94. The van der Waals surface area contributed by atoms with Crippen molar-refractivity contribution in [2.45, 2.75) is 27.1 Å². The second-order valence-electron chi connectivity index (χ2n) is 4.05. The van der Waals surface area contributed by atoms with E-state index in [0.29, 0.717) is 31.5 Å². The Hall–Kier alpha value is -0.840. The van der Waals surface area contributed by atoms with E-state index in [1.54, 1.807) is 12.1 Å². The van der Waals surface area contributed by atoms with Gasteiger partial charge in [-0.3, -0.25) is 0 Å². The number of hydrogen-bond acceptors (Lipinski definition) is 4. The Kier molecular flexibility index (Phi) is 6.15. The Bertz CT molecular complexity index is 280. The van der Waals surface area contributed by atoms with Crippen molar-refractivity contribution in [1.82, 2.24) is 0 Å². The van der Waals surface area contributed by atoms with E-state index < -0.39 is 0 Å². The van der Waals surface area contributed by atoms with Crippen LogP contribution < -0.4 is 0 Å². The lowest BCUT2D eigenvalue weighted by Crippen LogP contribution is -2.08. The van der Waals surface area contributed by atoms with Crippen LogP contribution in [0.4, 0.5) is 0 Å².